The van der Waals surface area contributed by atoms with Crippen LogP contribution >= 0.6 is 0 Å². The first kappa shape index (κ1) is 13.5. The van der Waals surface area contributed by atoms with E-state index >= 15 is 0 Å². The Bertz CT molecular complexity index is 347. The molecule has 2 heteroatoms. The molecule has 2 unspecified atom stereocenters. The van der Waals surface area contributed by atoms with Crippen LogP contribution in [0, 0.1) is 11.7 Å². The van der Waals surface area contributed by atoms with Gasteiger partial charge >= 0.3 is 0 Å². The lowest BCUT2D eigenvalue weighted by Crippen LogP contribution is -2.30. The van der Waals surface area contributed by atoms with Crippen LogP contribution in [0.1, 0.15) is 50.5 Å². The molecule has 1 aromatic rings. The molecular weight excluding hydrogens is 225 g/mol. The van der Waals surface area contributed by atoms with Crippen molar-refractivity contribution in [2.75, 3.05) is 13.1 Å². The first-order valence-electron chi connectivity index (χ1n) is 7.27. The highest BCUT2D eigenvalue weighted by Crippen LogP contribution is 2.37. The summed E-state index contributed by atoms with van der Waals surface area (Å²) in [5.41, 5.74) is 1.32. The lowest BCUT2D eigenvalue weighted by Gasteiger charge is -2.32. The smallest absolute Gasteiger partial charge is 0.123 e. The second-order valence-corrected chi connectivity index (χ2v) is 5.41. The van der Waals surface area contributed by atoms with Gasteiger partial charge in [-0.15, -0.1) is 0 Å². The summed E-state index contributed by atoms with van der Waals surface area (Å²) in [5.74, 6) is 1.20. The van der Waals surface area contributed by atoms with E-state index in [2.05, 4.69) is 12.2 Å². The summed E-state index contributed by atoms with van der Waals surface area (Å²) >= 11 is 0. The van der Waals surface area contributed by atoms with Crippen molar-refractivity contribution in [3.63, 3.8) is 0 Å². The maximum atomic E-state index is 13.0. The van der Waals surface area contributed by atoms with E-state index in [-0.39, 0.29) is 5.82 Å². The first-order valence-corrected chi connectivity index (χ1v) is 7.27. The summed E-state index contributed by atoms with van der Waals surface area (Å²) in [6.07, 6.45) is 6.40. The molecule has 0 heterocycles. The fraction of sp³-hybridized carbons (Fsp3) is 0.625. The molecule has 0 saturated heterocycles. The number of nitrogens with one attached hydrogen (secondary N) is 1. The predicted molar refractivity (Wildman–Crippen MR) is 74.3 cm³/mol. The summed E-state index contributed by atoms with van der Waals surface area (Å²) in [5, 5.41) is 3.54. The highest BCUT2D eigenvalue weighted by Gasteiger charge is 2.25. The number of hydrogen-bond acceptors (Lipinski definition) is 1. The van der Waals surface area contributed by atoms with Crippen LogP contribution in [0.3, 0.4) is 0 Å². The molecule has 1 nitrogen and oxygen atoms in total. The minimum absolute atomic E-state index is 0.129. The normalized spacial score (nSPS) is 24.1. The molecule has 0 aromatic heterocycles. The van der Waals surface area contributed by atoms with Crippen molar-refractivity contribution in [3.8, 4) is 0 Å². The van der Waals surface area contributed by atoms with Crippen LogP contribution in [0.15, 0.2) is 24.3 Å². The lowest BCUT2D eigenvalue weighted by atomic mass is 9.75. The molecule has 2 atom stereocenters. The van der Waals surface area contributed by atoms with Crippen LogP contribution in [0.4, 0.5) is 4.39 Å². The maximum absolute atomic E-state index is 13.0. The van der Waals surface area contributed by atoms with E-state index in [1.165, 1.54) is 37.7 Å². The van der Waals surface area contributed by atoms with Crippen LogP contribution in [0.25, 0.3) is 0 Å². The van der Waals surface area contributed by atoms with Crippen LogP contribution in [-0.4, -0.2) is 13.1 Å². The van der Waals surface area contributed by atoms with Crippen LogP contribution in [0.2, 0.25) is 0 Å². The van der Waals surface area contributed by atoms with E-state index in [1.807, 2.05) is 12.1 Å². The Labute approximate surface area is 110 Å². The van der Waals surface area contributed by atoms with Gasteiger partial charge < -0.3 is 5.32 Å². The number of halogens is 1. The lowest BCUT2D eigenvalue weighted by molar-refractivity contribution is 0.296. The van der Waals surface area contributed by atoms with Crippen molar-refractivity contribution in [2.24, 2.45) is 5.92 Å². The minimum atomic E-state index is -0.129. The highest BCUT2D eigenvalue weighted by atomic mass is 19.1. The molecule has 0 radical (unpaired) electrons. The number of benzene rings is 1. The van der Waals surface area contributed by atoms with Crippen LogP contribution in [-0.2, 0) is 0 Å². The third-order valence-corrected chi connectivity index (χ3v) is 4.04. The van der Waals surface area contributed by atoms with E-state index in [4.69, 9.17) is 0 Å². The van der Waals surface area contributed by atoms with Gasteiger partial charge in [0.05, 0.1) is 0 Å². The summed E-state index contributed by atoms with van der Waals surface area (Å²) in [6.45, 7) is 4.41. The molecule has 2 rings (SSSR count). The quantitative estimate of drug-likeness (QED) is 0.775. The Balaban J connectivity index is 2.00. The Morgan fingerprint density at radius 3 is 2.61 bits per heavy atom. The second kappa shape index (κ2) is 6.89. The average Bonchev–Trinajstić information content (AvgIpc) is 2.41. The van der Waals surface area contributed by atoms with Gasteiger partial charge in [-0.3, -0.25) is 0 Å². The Hall–Kier alpha value is -0.890. The molecule has 0 amide bonds. The van der Waals surface area contributed by atoms with Crippen LogP contribution in [0.5, 0.6) is 0 Å². The molecule has 0 bridgehead atoms. The van der Waals surface area contributed by atoms with Gasteiger partial charge in [-0.25, -0.2) is 4.39 Å². The molecule has 1 fully saturated rings. The molecule has 0 spiro atoms. The Kier molecular flexibility index (Phi) is 5.18. The van der Waals surface area contributed by atoms with Gasteiger partial charge in [0.2, 0.25) is 0 Å². The number of hydrogen-bond donors (Lipinski definition) is 1. The van der Waals surface area contributed by atoms with Gasteiger partial charge in [-0.2, -0.15) is 0 Å². The van der Waals surface area contributed by atoms with Gasteiger partial charge in [0, 0.05) is 0 Å². The van der Waals surface area contributed by atoms with Crippen molar-refractivity contribution in [3.05, 3.63) is 35.6 Å². The van der Waals surface area contributed by atoms with Gasteiger partial charge in [-0.05, 0) is 61.9 Å². The fourth-order valence-electron chi connectivity index (χ4n) is 3.07. The predicted octanol–water partition coefficient (Wildman–Crippen LogP) is 4.10. The topological polar surface area (TPSA) is 12.0 Å². The van der Waals surface area contributed by atoms with Gasteiger partial charge in [0.1, 0.15) is 5.82 Å². The molecule has 100 valence electrons. The van der Waals surface area contributed by atoms with Gasteiger partial charge in [-0.1, -0.05) is 31.9 Å². The SMILES string of the molecule is CCCNCC1CCCCC1c1ccc(F)cc1. The van der Waals surface area contributed by atoms with Crippen molar-refractivity contribution >= 4 is 0 Å². The maximum Gasteiger partial charge on any atom is 0.123 e. The molecule has 1 aliphatic carbocycles. The standard InChI is InChI=1S/C16H24FN/c1-2-11-18-12-14-5-3-4-6-16(14)13-7-9-15(17)10-8-13/h7-10,14,16,18H,2-6,11-12H2,1H3. The molecule has 0 aliphatic heterocycles. The minimum Gasteiger partial charge on any atom is -0.316 e. The van der Waals surface area contributed by atoms with Crippen molar-refractivity contribution in [2.45, 2.75) is 44.9 Å². The van der Waals surface area contributed by atoms with Gasteiger partial charge in [0.15, 0.2) is 0 Å². The monoisotopic (exact) mass is 249 g/mol. The number of rotatable bonds is 5. The van der Waals surface area contributed by atoms with Gasteiger partial charge in [0.25, 0.3) is 0 Å². The summed E-state index contributed by atoms with van der Waals surface area (Å²) in [4.78, 5) is 0. The molecule has 1 aliphatic rings. The van der Waals surface area contributed by atoms with E-state index in [1.54, 1.807) is 12.1 Å². The van der Waals surface area contributed by atoms with Crippen molar-refractivity contribution in [1.82, 2.24) is 5.32 Å². The zero-order valence-electron chi connectivity index (χ0n) is 11.3. The second-order valence-electron chi connectivity index (χ2n) is 5.41. The Morgan fingerprint density at radius 2 is 1.89 bits per heavy atom. The zero-order chi connectivity index (χ0) is 12.8. The van der Waals surface area contributed by atoms with E-state index in [0.717, 1.165) is 19.0 Å². The average molecular weight is 249 g/mol. The highest BCUT2D eigenvalue weighted by molar-refractivity contribution is 5.21. The summed E-state index contributed by atoms with van der Waals surface area (Å²) < 4.78 is 13.0. The third-order valence-electron chi connectivity index (χ3n) is 4.04. The van der Waals surface area contributed by atoms with Crippen LogP contribution < -0.4 is 5.32 Å². The Morgan fingerprint density at radius 1 is 1.17 bits per heavy atom. The first-order chi connectivity index (χ1) is 8.81. The van der Waals surface area contributed by atoms with Crippen molar-refractivity contribution < 1.29 is 4.39 Å². The zero-order valence-corrected chi connectivity index (χ0v) is 11.3. The largest absolute Gasteiger partial charge is 0.316 e. The van der Waals surface area contributed by atoms with E-state index in [9.17, 15) is 4.39 Å². The molecular formula is C16H24FN. The summed E-state index contributed by atoms with van der Waals surface area (Å²) in [6, 6.07) is 7.14. The molecule has 1 N–H and O–H groups in total. The molecule has 1 aromatic carbocycles. The fourth-order valence-corrected chi connectivity index (χ4v) is 3.07. The van der Waals surface area contributed by atoms with E-state index in [0.29, 0.717) is 5.92 Å². The molecule has 1 saturated carbocycles. The van der Waals surface area contributed by atoms with Crippen molar-refractivity contribution in [1.29, 1.82) is 0 Å². The van der Waals surface area contributed by atoms with E-state index < -0.39 is 0 Å². The molecule has 18 heavy (non-hydrogen) atoms. The third kappa shape index (κ3) is 3.55. The summed E-state index contributed by atoms with van der Waals surface area (Å²) in [7, 11) is 0.